The Kier molecular flexibility index (Phi) is 7.03. The van der Waals surface area contributed by atoms with Crippen LogP contribution in [0.15, 0.2) is 11.1 Å². The molecule has 4 nitrogen and oxygen atoms in total. The van der Waals surface area contributed by atoms with Gasteiger partial charge in [0.25, 0.3) is 0 Å². The van der Waals surface area contributed by atoms with E-state index in [1.807, 2.05) is 26.8 Å². The molecule has 0 aliphatic heterocycles. The van der Waals surface area contributed by atoms with Crippen molar-refractivity contribution in [2.24, 2.45) is 5.41 Å². The number of carbonyl (C=O) groups is 1. The molecule has 8 heteroatoms. The minimum atomic E-state index is -1.66. The largest absolute Gasteiger partial charge is 0.339 e. The second-order valence-corrected chi connectivity index (χ2v) is 10.1. The molecule has 0 radical (unpaired) electrons. The first-order valence-corrected chi connectivity index (χ1v) is 9.22. The van der Waals surface area contributed by atoms with Gasteiger partial charge in [-0.05, 0) is 13.0 Å². The number of halogens is 3. The van der Waals surface area contributed by atoms with Crippen LogP contribution in [0.5, 0.6) is 0 Å². The van der Waals surface area contributed by atoms with E-state index in [-0.39, 0.29) is 11.8 Å². The highest BCUT2D eigenvalue weighted by Gasteiger charge is 2.37. The van der Waals surface area contributed by atoms with Crippen LogP contribution in [0, 0.1) is 12.3 Å². The Morgan fingerprint density at radius 2 is 1.78 bits per heavy atom. The molecule has 0 aromatic carbocycles. The average Bonchev–Trinajstić information content (AvgIpc) is 2.34. The van der Waals surface area contributed by atoms with E-state index in [0.29, 0.717) is 5.03 Å². The van der Waals surface area contributed by atoms with Crippen molar-refractivity contribution in [2.45, 2.75) is 61.7 Å². The van der Waals surface area contributed by atoms with E-state index < -0.39 is 14.6 Å². The highest BCUT2D eigenvalue weighted by Crippen LogP contribution is 2.39. The Labute approximate surface area is 157 Å². The van der Waals surface area contributed by atoms with Crippen LogP contribution in [0.4, 0.5) is 0 Å². The van der Waals surface area contributed by atoms with Crippen molar-refractivity contribution in [3.63, 3.8) is 0 Å². The van der Waals surface area contributed by atoms with E-state index in [1.54, 1.807) is 20.8 Å². The first-order chi connectivity index (χ1) is 10.3. The van der Waals surface area contributed by atoms with E-state index in [4.69, 9.17) is 34.8 Å². The summed E-state index contributed by atoms with van der Waals surface area (Å²) in [5.41, 5.74) is 0.246. The van der Waals surface area contributed by atoms with Crippen molar-refractivity contribution < 1.29 is 4.79 Å². The van der Waals surface area contributed by atoms with E-state index in [1.165, 1.54) is 11.8 Å². The SMILES string of the molecule is Cc1cc(SC(NC(=O)C(C)(C)C)C(Cl)(Cl)Cl)nc(C(C)C)n1. The standard InChI is InChI=1S/C15H22Cl3N3OS/c1-8(2)11-19-9(3)7-10(20-11)23-13(15(16,17)18)21-12(22)14(4,5)6/h7-8,13H,1-6H3,(H,21,22). The Balaban J connectivity index is 3.06. The number of aromatic nitrogens is 2. The molecule has 1 aromatic rings. The van der Waals surface area contributed by atoms with Crippen molar-refractivity contribution in [1.82, 2.24) is 15.3 Å². The molecule has 0 saturated carbocycles. The van der Waals surface area contributed by atoms with Crippen LogP contribution in [0.1, 0.15) is 52.1 Å². The molecule has 0 saturated heterocycles. The van der Waals surface area contributed by atoms with Crippen LogP contribution < -0.4 is 5.32 Å². The van der Waals surface area contributed by atoms with Crippen molar-refractivity contribution in [1.29, 1.82) is 0 Å². The quantitative estimate of drug-likeness (QED) is 0.340. The summed E-state index contributed by atoms with van der Waals surface area (Å²) in [6.45, 7) is 11.3. The molecule has 23 heavy (non-hydrogen) atoms. The monoisotopic (exact) mass is 397 g/mol. The minimum Gasteiger partial charge on any atom is -0.339 e. The third-order valence-corrected chi connectivity index (χ3v) is 5.04. The molecule has 0 aliphatic carbocycles. The van der Waals surface area contributed by atoms with Gasteiger partial charge in [0, 0.05) is 17.0 Å². The van der Waals surface area contributed by atoms with Crippen molar-refractivity contribution >= 4 is 52.5 Å². The predicted molar refractivity (Wildman–Crippen MR) is 98.4 cm³/mol. The molecule has 1 rings (SSSR count). The third-order valence-electron chi connectivity index (χ3n) is 2.84. The molecule has 1 atom stereocenters. The van der Waals surface area contributed by atoms with Gasteiger partial charge >= 0.3 is 0 Å². The normalized spacial score (nSPS) is 14.0. The first-order valence-electron chi connectivity index (χ1n) is 7.20. The molecule has 0 spiro atoms. The Morgan fingerprint density at radius 1 is 1.22 bits per heavy atom. The summed E-state index contributed by atoms with van der Waals surface area (Å²) in [6.07, 6.45) is 0. The van der Waals surface area contributed by atoms with Crippen LogP contribution in [0.25, 0.3) is 0 Å². The lowest BCUT2D eigenvalue weighted by atomic mass is 9.96. The number of nitrogens with zero attached hydrogens (tertiary/aromatic N) is 2. The number of aryl methyl sites for hydroxylation is 1. The highest BCUT2D eigenvalue weighted by atomic mass is 35.6. The number of rotatable bonds is 4. The summed E-state index contributed by atoms with van der Waals surface area (Å²) in [5, 5.41) is 2.68. The number of nitrogens with one attached hydrogen (secondary N) is 1. The van der Waals surface area contributed by atoms with Gasteiger partial charge in [-0.15, -0.1) is 0 Å². The molecule has 0 aliphatic rings. The summed E-state index contributed by atoms with van der Waals surface area (Å²) in [5.74, 6) is 0.707. The van der Waals surface area contributed by atoms with Crippen molar-refractivity contribution in [3.8, 4) is 0 Å². The molecule has 1 aromatic heterocycles. The fourth-order valence-electron chi connectivity index (χ4n) is 1.51. The maximum absolute atomic E-state index is 12.2. The lowest BCUT2D eigenvalue weighted by molar-refractivity contribution is -0.128. The van der Waals surface area contributed by atoms with Gasteiger partial charge in [-0.25, -0.2) is 9.97 Å². The molecular weight excluding hydrogens is 377 g/mol. The zero-order chi connectivity index (χ0) is 18.0. The van der Waals surface area contributed by atoms with E-state index in [9.17, 15) is 4.79 Å². The lowest BCUT2D eigenvalue weighted by Gasteiger charge is -2.28. The van der Waals surface area contributed by atoms with Crippen LogP contribution in [0.3, 0.4) is 0 Å². The molecule has 1 amide bonds. The molecular formula is C15H22Cl3N3OS. The molecule has 1 heterocycles. The zero-order valence-corrected chi connectivity index (χ0v) is 17.2. The Morgan fingerprint density at radius 3 is 2.22 bits per heavy atom. The summed E-state index contributed by atoms with van der Waals surface area (Å²) in [4.78, 5) is 21.1. The van der Waals surface area contributed by atoms with Crippen molar-refractivity contribution in [3.05, 3.63) is 17.6 Å². The third kappa shape index (κ3) is 6.65. The highest BCUT2D eigenvalue weighted by molar-refractivity contribution is 8.00. The second kappa shape index (κ2) is 7.77. The fraction of sp³-hybridized carbons (Fsp3) is 0.667. The van der Waals surface area contributed by atoms with Gasteiger partial charge in [0.2, 0.25) is 9.70 Å². The number of hydrogen-bond acceptors (Lipinski definition) is 4. The van der Waals surface area contributed by atoms with E-state index >= 15 is 0 Å². The first kappa shape index (κ1) is 20.8. The number of amides is 1. The Hall–Kier alpha value is -0.230. The predicted octanol–water partition coefficient (Wildman–Crippen LogP) is 4.86. The van der Waals surface area contributed by atoms with E-state index in [2.05, 4.69) is 15.3 Å². The van der Waals surface area contributed by atoms with Crippen LogP contribution >= 0.6 is 46.6 Å². The van der Waals surface area contributed by atoms with Gasteiger partial charge in [0.15, 0.2) is 0 Å². The van der Waals surface area contributed by atoms with Gasteiger partial charge in [-0.3, -0.25) is 4.79 Å². The maximum atomic E-state index is 12.2. The fourth-order valence-corrected chi connectivity index (χ4v) is 3.01. The van der Waals surface area contributed by atoms with Gasteiger partial charge in [0.1, 0.15) is 16.2 Å². The number of hydrogen-bond donors (Lipinski definition) is 1. The minimum absolute atomic E-state index is 0.185. The molecule has 0 fully saturated rings. The molecule has 130 valence electrons. The van der Waals surface area contributed by atoms with E-state index in [0.717, 1.165) is 11.5 Å². The van der Waals surface area contributed by atoms with Crippen LogP contribution in [-0.2, 0) is 4.79 Å². The smallest absolute Gasteiger partial charge is 0.226 e. The Bertz CT molecular complexity index is 568. The maximum Gasteiger partial charge on any atom is 0.226 e. The average molecular weight is 399 g/mol. The topological polar surface area (TPSA) is 54.9 Å². The van der Waals surface area contributed by atoms with Gasteiger partial charge < -0.3 is 5.32 Å². The summed E-state index contributed by atoms with van der Waals surface area (Å²) < 4.78 is -1.66. The van der Waals surface area contributed by atoms with Crippen molar-refractivity contribution in [2.75, 3.05) is 0 Å². The van der Waals surface area contributed by atoms with Crippen LogP contribution in [-0.4, -0.2) is 25.0 Å². The number of alkyl halides is 3. The second-order valence-electron chi connectivity index (χ2n) is 6.62. The number of carbonyl (C=O) groups excluding carboxylic acids is 1. The lowest BCUT2D eigenvalue weighted by Crippen LogP contribution is -2.46. The summed E-state index contributed by atoms with van der Waals surface area (Å²) >= 11 is 19.3. The number of thioether (sulfide) groups is 1. The summed E-state index contributed by atoms with van der Waals surface area (Å²) in [6, 6.07) is 1.81. The van der Waals surface area contributed by atoms with Crippen LogP contribution in [0.2, 0.25) is 0 Å². The molecule has 1 unspecified atom stereocenters. The molecule has 1 N–H and O–H groups in total. The summed E-state index contributed by atoms with van der Waals surface area (Å²) in [7, 11) is 0. The van der Waals surface area contributed by atoms with Gasteiger partial charge in [-0.1, -0.05) is 81.2 Å². The van der Waals surface area contributed by atoms with Gasteiger partial charge in [0.05, 0.1) is 0 Å². The molecule has 0 bridgehead atoms. The zero-order valence-electron chi connectivity index (χ0n) is 14.1. The van der Waals surface area contributed by atoms with Gasteiger partial charge in [-0.2, -0.15) is 0 Å².